The molecule has 0 heterocycles. The maximum atomic E-state index is 10.9. The predicted molar refractivity (Wildman–Crippen MR) is 76.5 cm³/mol. The van der Waals surface area contributed by atoms with Crippen molar-refractivity contribution in [2.75, 3.05) is 6.61 Å². The van der Waals surface area contributed by atoms with Crippen LogP contribution in [0.3, 0.4) is 0 Å². The summed E-state index contributed by atoms with van der Waals surface area (Å²) in [6, 6.07) is 5.77. The highest BCUT2D eigenvalue weighted by Crippen LogP contribution is 2.23. The SMILES string of the molecule is C=CCOc1ccc(CC(C)C(=O)O)cc1CC=C. The molecule has 19 heavy (non-hydrogen) atoms. The molecule has 0 aliphatic carbocycles. The van der Waals surface area contributed by atoms with Crippen molar-refractivity contribution in [2.45, 2.75) is 19.8 Å². The van der Waals surface area contributed by atoms with E-state index in [1.54, 1.807) is 19.1 Å². The van der Waals surface area contributed by atoms with Crippen LogP contribution in [0.2, 0.25) is 0 Å². The highest BCUT2D eigenvalue weighted by atomic mass is 16.5. The topological polar surface area (TPSA) is 46.5 Å². The lowest BCUT2D eigenvalue weighted by Gasteiger charge is -2.12. The smallest absolute Gasteiger partial charge is 0.306 e. The van der Waals surface area contributed by atoms with Crippen molar-refractivity contribution in [1.29, 1.82) is 0 Å². The van der Waals surface area contributed by atoms with Gasteiger partial charge >= 0.3 is 5.97 Å². The number of allylic oxidation sites excluding steroid dienone is 1. The minimum absolute atomic E-state index is 0.392. The van der Waals surface area contributed by atoms with Crippen LogP contribution in [0.25, 0.3) is 0 Å². The molecule has 0 aliphatic heterocycles. The molecule has 3 heteroatoms. The van der Waals surface area contributed by atoms with Gasteiger partial charge in [-0.3, -0.25) is 4.79 Å². The van der Waals surface area contributed by atoms with E-state index in [1.165, 1.54) is 0 Å². The lowest BCUT2D eigenvalue weighted by molar-refractivity contribution is -0.141. The number of rotatable bonds is 8. The average molecular weight is 260 g/mol. The van der Waals surface area contributed by atoms with Gasteiger partial charge in [0.2, 0.25) is 0 Å². The zero-order valence-corrected chi connectivity index (χ0v) is 11.3. The Hall–Kier alpha value is -2.03. The van der Waals surface area contributed by atoms with Gasteiger partial charge < -0.3 is 9.84 Å². The van der Waals surface area contributed by atoms with Crippen LogP contribution >= 0.6 is 0 Å². The third-order valence-corrected chi connectivity index (χ3v) is 2.81. The van der Waals surface area contributed by atoms with E-state index in [0.717, 1.165) is 16.9 Å². The van der Waals surface area contributed by atoms with Crippen LogP contribution < -0.4 is 4.74 Å². The van der Waals surface area contributed by atoms with E-state index in [4.69, 9.17) is 9.84 Å². The first kappa shape index (κ1) is 15.0. The summed E-state index contributed by atoms with van der Waals surface area (Å²) < 4.78 is 5.56. The van der Waals surface area contributed by atoms with Gasteiger partial charge in [-0.05, 0) is 30.0 Å². The number of carboxylic acids is 1. The fourth-order valence-electron chi connectivity index (χ4n) is 1.81. The van der Waals surface area contributed by atoms with Crippen LogP contribution in [0, 0.1) is 5.92 Å². The van der Waals surface area contributed by atoms with E-state index in [1.807, 2.05) is 18.2 Å². The van der Waals surface area contributed by atoms with E-state index in [0.29, 0.717) is 19.4 Å². The van der Waals surface area contributed by atoms with E-state index < -0.39 is 11.9 Å². The van der Waals surface area contributed by atoms with Crippen molar-refractivity contribution < 1.29 is 14.6 Å². The Bertz CT molecular complexity index is 463. The summed E-state index contributed by atoms with van der Waals surface area (Å²) in [4.78, 5) is 10.9. The van der Waals surface area contributed by atoms with Crippen molar-refractivity contribution in [1.82, 2.24) is 0 Å². The van der Waals surface area contributed by atoms with Crippen molar-refractivity contribution in [3.05, 3.63) is 54.6 Å². The number of hydrogen-bond acceptors (Lipinski definition) is 2. The summed E-state index contributed by atoms with van der Waals surface area (Å²) in [5.41, 5.74) is 2.02. The lowest BCUT2D eigenvalue weighted by atomic mass is 9.98. The van der Waals surface area contributed by atoms with Gasteiger partial charge in [-0.25, -0.2) is 0 Å². The first-order valence-corrected chi connectivity index (χ1v) is 6.27. The third-order valence-electron chi connectivity index (χ3n) is 2.81. The van der Waals surface area contributed by atoms with Crippen LogP contribution in [0.4, 0.5) is 0 Å². The molecule has 0 bridgehead atoms. The molecule has 0 aromatic heterocycles. The quantitative estimate of drug-likeness (QED) is 0.730. The molecule has 1 aromatic rings. The van der Waals surface area contributed by atoms with E-state index in [9.17, 15) is 4.79 Å². The summed E-state index contributed by atoms with van der Waals surface area (Å²) in [5, 5.41) is 8.93. The van der Waals surface area contributed by atoms with Gasteiger partial charge in [-0.15, -0.1) is 6.58 Å². The van der Waals surface area contributed by atoms with Gasteiger partial charge in [0.15, 0.2) is 0 Å². The number of carboxylic acid groups (broad SMARTS) is 1. The first-order valence-electron chi connectivity index (χ1n) is 6.27. The van der Waals surface area contributed by atoms with Crippen LogP contribution in [-0.4, -0.2) is 17.7 Å². The molecule has 0 saturated heterocycles. The molecule has 0 amide bonds. The van der Waals surface area contributed by atoms with E-state index >= 15 is 0 Å². The highest BCUT2D eigenvalue weighted by Gasteiger charge is 2.13. The molecule has 3 nitrogen and oxygen atoms in total. The van der Waals surface area contributed by atoms with E-state index in [-0.39, 0.29) is 0 Å². The average Bonchev–Trinajstić information content (AvgIpc) is 2.38. The van der Waals surface area contributed by atoms with Crippen LogP contribution in [0.15, 0.2) is 43.5 Å². The summed E-state index contributed by atoms with van der Waals surface area (Å²) in [5.74, 6) is -0.375. The van der Waals surface area contributed by atoms with Crippen molar-refractivity contribution in [2.24, 2.45) is 5.92 Å². The summed E-state index contributed by atoms with van der Waals surface area (Å²) in [6.07, 6.45) is 4.71. The zero-order valence-electron chi connectivity index (χ0n) is 11.3. The second-order valence-electron chi connectivity index (χ2n) is 4.48. The van der Waals surface area contributed by atoms with Gasteiger partial charge in [-0.2, -0.15) is 0 Å². The number of carbonyl (C=O) groups is 1. The number of hydrogen-bond donors (Lipinski definition) is 1. The second-order valence-corrected chi connectivity index (χ2v) is 4.48. The van der Waals surface area contributed by atoms with Crippen LogP contribution in [-0.2, 0) is 17.6 Å². The molecule has 0 aliphatic rings. The largest absolute Gasteiger partial charge is 0.489 e. The van der Waals surface area contributed by atoms with Crippen LogP contribution in [0.5, 0.6) is 5.75 Å². The predicted octanol–water partition coefficient (Wildman–Crippen LogP) is 3.24. The molecule has 1 N–H and O–H groups in total. The standard InChI is InChI=1S/C16H20O3/c1-4-6-14-11-13(10-12(3)16(17)18)7-8-15(14)19-9-5-2/h4-5,7-8,11-12H,1-2,6,9-10H2,3H3,(H,17,18). The van der Waals surface area contributed by atoms with Crippen molar-refractivity contribution in [3.63, 3.8) is 0 Å². The van der Waals surface area contributed by atoms with Gasteiger partial charge in [-0.1, -0.05) is 37.8 Å². The fourth-order valence-corrected chi connectivity index (χ4v) is 1.81. The molecule has 1 aromatic carbocycles. The Morgan fingerprint density at radius 2 is 2.16 bits per heavy atom. The van der Waals surface area contributed by atoms with Crippen molar-refractivity contribution in [3.8, 4) is 5.75 Å². The van der Waals surface area contributed by atoms with Gasteiger partial charge in [0, 0.05) is 0 Å². The molecule has 102 valence electrons. The molecule has 1 unspecified atom stereocenters. The van der Waals surface area contributed by atoms with E-state index in [2.05, 4.69) is 13.2 Å². The van der Waals surface area contributed by atoms with Crippen LogP contribution in [0.1, 0.15) is 18.1 Å². The number of ether oxygens (including phenoxy) is 1. The summed E-state index contributed by atoms with van der Waals surface area (Å²) in [7, 11) is 0. The maximum absolute atomic E-state index is 10.9. The molecule has 1 atom stereocenters. The Morgan fingerprint density at radius 3 is 2.74 bits per heavy atom. The van der Waals surface area contributed by atoms with Gasteiger partial charge in [0.1, 0.15) is 12.4 Å². The highest BCUT2D eigenvalue weighted by molar-refractivity contribution is 5.69. The number of benzene rings is 1. The summed E-state index contributed by atoms with van der Waals surface area (Å²) >= 11 is 0. The third kappa shape index (κ3) is 4.62. The molecule has 0 spiro atoms. The van der Waals surface area contributed by atoms with Crippen molar-refractivity contribution >= 4 is 5.97 Å². The zero-order chi connectivity index (χ0) is 14.3. The minimum Gasteiger partial charge on any atom is -0.489 e. The summed E-state index contributed by atoms with van der Waals surface area (Å²) in [6.45, 7) is 9.50. The molecular formula is C16H20O3. The molecular weight excluding hydrogens is 240 g/mol. The minimum atomic E-state index is -0.780. The Morgan fingerprint density at radius 1 is 1.42 bits per heavy atom. The number of aliphatic carboxylic acids is 1. The lowest BCUT2D eigenvalue weighted by Crippen LogP contribution is -2.12. The monoisotopic (exact) mass is 260 g/mol. The molecule has 0 fully saturated rings. The fraction of sp³-hybridized carbons (Fsp3) is 0.312. The maximum Gasteiger partial charge on any atom is 0.306 e. The first-order chi connectivity index (χ1) is 9.08. The molecule has 1 rings (SSSR count). The Labute approximate surface area is 114 Å². The molecule has 0 saturated carbocycles. The Balaban J connectivity index is 2.91. The second kappa shape index (κ2) is 7.41. The normalized spacial score (nSPS) is 11.6. The van der Waals surface area contributed by atoms with Gasteiger partial charge in [0.05, 0.1) is 5.92 Å². The molecule has 0 radical (unpaired) electrons. The van der Waals surface area contributed by atoms with Gasteiger partial charge in [0.25, 0.3) is 0 Å². The Kier molecular flexibility index (Phi) is 5.86.